The summed E-state index contributed by atoms with van der Waals surface area (Å²) in [4.78, 5) is 39.8. The Morgan fingerprint density at radius 1 is 1.27 bits per heavy atom. The maximum Gasteiger partial charge on any atom is 0.327 e. The van der Waals surface area contributed by atoms with E-state index in [-0.39, 0.29) is 17.7 Å². The zero-order valence-electron chi connectivity index (χ0n) is 20.1. The summed E-state index contributed by atoms with van der Waals surface area (Å²) in [5.41, 5.74) is -1.19. The van der Waals surface area contributed by atoms with Crippen LogP contribution in [0.15, 0.2) is 24.3 Å². The predicted molar refractivity (Wildman–Crippen MR) is 126 cm³/mol. The Labute approximate surface area is 199 Å². The van der Waals surface area contributed by atoms with E-state index < -0.39 is 33.8 Å². The smallest absolute Gasteiger partial charge is 0.327 e. The van der Waals surface area contributed by atoms with Crippen LogP contribution in [0, 0.1) is 5.92 Å². The van der Waals surface area contributed by atoms with Gasteiger partial charge in [0.2, 0.25) is 5.91 Å². The number of aliphatic carboxylic acids is 1. The summed E-state index contributed by atoms with van der Waals surface area (Å²) in [5.74, 6) is -0.620. The number of carboxylic acid groups (broad SMARTS) is 1. The molecule has 2 saturated heterocycles. The summed E-state index contributed by atoms with van der Waals surface area (Å²) < 4.78 is 11.2. The van der Waals surface area contributed by atoms with E-state index in [1.165, 1.54) is 16.7 Å². The van der Waals surface area contributed by atoms with Gasteiger partial charge in [0.05, 0.1) is 7.11 Å². The van der Waals surface area contributed by atoms with E-state index in [0.717, 1.165) is 0 Å². The minimum absolute atomic E-state index is 0.154. The summed E-state index contributed by atoms with van der Waals surface area (Å²) in [7, 11) is 1.55. The van der Waals surface area contributed by atoms with E-state index in [1.54, 1.807) is 19.2 Å². The Hall–Kier alpha value is -2.42. The molecule has 0 spiro atoms. The molecular formula is C24H34N2O6S. The first kappa shape index (κ1) is 25.2. The van der Waals surface area contributed by atoms with E-state index >= 15 is 0 Å². The number of ether oxygens (including phenoxy) is 2. The number of carboxylic acids is 1. The van der Waals surface area contributed by atoms with Crippen molar-refractivity contribution in [2.75, 3.05) is 7.11 Å². The number of methoxy groups -OCH3 is 1. The normalized spacial score (nSPS) is 25.1. The van der Waals surface area contributed by atoms with E-state index in [9.17, 15) is 19.5 Å². The van der Waals surface area contributed by atoms with Gasteiger partial charge in [0.1, 0.15) is 17.5 Å². The molecule has 0 saturated carbocycles. The molecule has 2 fully saturated rings. The van der Waals surface area contributed by atoms with Crippen molar-refractivity contribution >= 4 is 29.5 Å². The molecule has 2 amide bonds. The second-order valence-electron chi connectivity index (χ2n) is 9.64. The summed E-state index contributed by atoms with van der Waals surface area (Å²) in [5, 5.41) is 12.1. The summed E-state index contributed by atoms with van der Waals surface area (Å²) in [6.07, 6.45) is 1.61. The molecule has 0 aliphatic carbocycles. The molecule has 0 aromatic heterocycles. The number of nitrogens with zero attached hydrogens (tertiary/aromatic N) is 1. The highest BCUT2D eigenvalue weighted by molar-refractivity contribution is 8.01. The first-order valence-corrected chi connectivity index (χ1v) is 12.2. The first-order chi connectivity index (χ1) is 15.5. The van der Waals surface area contributed by atoms with Crippen molar-refractivity contribution in [2.24, 2.45) is 5.92 Å². The third-order valence-corrected chi connectivity index (χ3v) is 7.71. The topological polar surface area (TPSA) is 105 Å². The summed E-state index contributed by atoms with van der Waals surface area (Å²) >= 11 is 1.40. The van der Waals surface area contributed by atoms with Gasteiger partial charge in [-0.3, -0.25) is 9.59 Å². The van der Waals surface area contributed by atoms with Crippen molar-refractivity contribution in [1.29, 1.82) is 0 Å². The quantitative estimate of drug-likeness (QED) is 0.497. The number of hydrogen-bond donors (Lipinski definition) is 2. The Morgan fingerprint density at radius 2 is 1.91 bits per heavy atom. The molecule has 1 aromatic carbocycles. The number of β-lactam (4-membered cyclic amide) rings is 1. The SMILES string of the molecule is CCCC(CC(C)C)(Oc1ccccc1OC)C(=O)N[C@@H]1C(=O)N2[C@@H]1SC(C)(C)[C@@H]2C(=O)O. The fourth-order valence-electron chi connectivity index (χ4n) is 4.84. The number of thioether (sulfide) groups is 1. The van der Waals surface area contributed by atoms with Crippen LogP contribution in [0.25, 0.3) is 0 Å². The van der Waals surface area contributed by atoms with Crippen LogP contribution >= 0.6 is 11.8 Å². The molecule has 2 N–H and O–H groups in total. The minimum atomic E-state index is -1.19. The molecule has 0 bridgehead atoms. The Morgan fingerprint density at radius 3 is 2.45 bits per heavy atom. The monoisotopic (exact) mass is 478 g/mol. The number of rotatable bonds is 10. The van der Waals surface area contributed by atoms with Gasteiger partial charge in [-0.2, -0.15) is 0 Å². The third-order valence-electron chi connectivity index (χ3n) is 6.14. The number of para-hydroxylation sites is 2. The lowest BCUT2D eigenvalue weighted by Crippen LogP contribution is -2.72. The second-order valence-corrected chi connectivity index (χ2v) is 11.4. The number of amides is 2. The molecule has 8 nitrogen and oxygen atoms in total. The average molecular weight is 479 g/mol. The van der Waals surface area contributed by atoms with Crippen molar-refractivity contribution < 1.29 is 29.0 Å². The van der Waals surface area contributed by atoms with Crippen molar-refractivity contribution in [3.05, 3.63) is 24.3 Å². The van der Waals surface area contributed by atoms with Gasteiger partial charge >= 0.3 is 5.97 Å². The standard InChI is InChI=1S/C24H34N2O6S/c1-7-12-24(13-14(2)3,32-16-11-9-8-10-15(16)31-6)22(30)25-17-19(27)26-18(21(28)29)23(4,5)33-20(17)26/h8-11,14,17-18,20H,7,12-13H2,1-6H3,(H,25,30)(H,28,29)/t17-,18+,20-,24?/m1/s1. The Bertz CT molecular complexity index is 920. The molecule has 1 aromatic rings. The molecule has 2 aliphatic heterocycles. The molecule has 2 heterocycles. The Balaban J connectivity index is 1.88. The highest BCUT2D eigenvalue weighted by Crippen LogP contribution is 2.51. The van der Waals surface area contributed by atoms with Gasteiger partial charge in [-0.15, -0.1) is 11.8 Å². The fourth-order valence-corrected chi connectivity index (χ4v) is 6.47. The number of benzene rings is 1. The van der Waals surface area contributed by atoms with E-state index in [0.29, 0.717) is 30.8 Å². The number of carbonyl (C=O) groups is 3. The molecule has 2 aliphatic rings. The molecule has 0 radical (unpaired) electrons. The van der Waals surface area contributed by atoms with E-state index in [2.05, 4.69) is 5.32 Å². The van der Waals surface area contributed by atoms with Crippen molar-refractivity contribution in [3.63, 3.8) is 0 Å². The van der Waals surface area contributed by atoms with Crippen LogP contribution in [0.5, 0.6) is 11.5 Å². The highest BCUT2D eigenvalue weighted by atomic mass is 32.2. The fraction of sp³-hybridized carbons (Fsp3) is 0.625. The maximum atomic E-state index is 13.7. The molecule has 3 rings (SSSR count). The molecule has 1 unspecified atom stereocenters. The number of fused-ring (bicyclic) bond motifs is 1. The van der Waals surface area contributed by atoms with Gasteiger partial charge in [-0.25, -0.2) is 4.79 Å². The summed E-state index contributed by atoms with van der Waals surface area (Å²) in [6, 6.07) is 5.48. The Kier molecular flexibility index (Phi) is 7.21. The van der Waals surface area contributed by atoms with Crippen LogP contribution in [0.1, 0.15) is 53.9 Å². The van der Waals surface area contributed by atoms with Gasteiger partial charge in [0.25, 0.3) is 5.91 Å². The van der Waals surface area contributed by atoms with Gasteiger partial charge in [0.15, 0.2) is 17.1 Å². The van der Waals surface area contributed by atoms with E-state index in [4.69, 9.17) is 9.47 Å². The molecular weight excluding hydrogens is 444 g/mol. The van der Waals surface area contributed by atoms with Crippen LogP contribution in [0.4, 0.5) is 0 Å². The predicted octanol–water partition coefficient (Wildman–Crippen LogP) is 3.29. The zero-order chi connectivity index (χ0) is 24.6. The van der Waals surface area contributed by atoms with Crippen LogP contribution in [-0.4, -0.2) is 62.7 Å². The number of nitrogens with one attached hydrogen (secondary N) is 1. The van der Waals surface area contributed by atoms with Crippen LogP contribution < -0.4 is 14.8 Å². The average Bonchev–Trinajstić information content (AvgIpc) is 2.99. The van der Waals surface area contributed by atoms with Crippen LogP contribution in [-0.2, 0) is 14.4 Å². The van der Waals surface area contributed by atoms with Crippen molar-refractivity contribution in [2.45, 2.75) is 81.7 Å². The van der Waals surface area contributed by atoms with Crippen LogP contribution in [0.3, 0.4) is 0 Å². The van der Waals surface area contributed by atoms with E-state index in [1.807, 2.05) is 46.8 Å². The molecule has 182 valence electrons. The lowest BCUT2D eigenvalue weighted by Gasteiger charge is -2.45. The lowest BCUT2D eigenvalue weighted by molar-refractivity contribution is -0.162. The van der Waals surface area contributed by atoms with Gasteiger partial charge < -0.3 is 24.8 Å². The number of hydrogen-bond acceptors (Lipinski definition) is 6. The maximum absolute atomic E-state index is 13.7. The zero-order valence-corrected chi connectivity index (χ0v) is 20.9. The lowest BCUT2D eigenvalue weighted by atomic mass is 9.86. The van der Waals surface area contributed by atoms with Crippen molar-refractivity contribution in [1.82, 2.24) is 10.2 Å². The van der Waals surface area contributed by atoms with Gasteiger partial charge in [-0.1, -0.05) is 39.3 Å². The largest absolute Gasteiger partial charge is 0.493 e. The third kappa shape index (κ3) is 4.65. The molecule has 9 heteroatoms. The highest BCUT2D eigenvalue weighted by Gasteiger charge is 2.64. The van der Waals surface area contributed by atoms with Gasteiger partial charge in [-0.05, 0) is 44.7 Å². The minimum Gasteiger partial charge on any atom is -0.493 e. The van der Waals surface area contributed by atoms with Crippen LogP contribution in [0.2, 0.25) is 0 Å². The van der Waals surface area contributed by atoms with Gasteiger partial charge in [0, 0.05) is 4.75 Å². The summed E-state index contributed by atoms with van der Waals surface area (Å²) in [6.45, 7) is 9.65. The number of carbonyl (C=O) groups excluding carboxylic acids is 2. The second kappa shape index (κ2) is 9.44. The van der Waals surface area contributed by atoms with Crippen molar-refractivity contribution in [3.8, 4) is 11.5 Å². The molecule has 33 heavy (non-hydrogen) atoms. The molecule has 4 atom stereocenters. The first-order valence-electron chi connectivity index (χ1n) is 11.3.